The van der Waals surface area contributed by atoms with Gasteiger partial charge in [-0.1, -0.05) is 13.0 Å². The zero-order valence-electron chi connectivity index (χ0n) is 15.7. The Morgan fingerprint density at radius 2 is 2.04 bits per heavy atom. The van der Waals surface area contributed by atoms with Gasteiger partial charge in [-0.05, 0) is 50.8 Å². The van der Waals surface area contributed by atoms with Crippen LogP contribution in [0.2, 0.25) is 0 Å². The first kappa shape index (κ1) is 18.2. The second-order valence-electron chi connectivity index (χ2n) is 6.83. The highest BCUT2D eigenvalue weighted by molar-refractivity contribution is 5.89. The lowest BCUT2D eigenvalue weighted by Crippen LogP contribution is -2.40. The molecule has 0 bridgehead atoms. The van der Waals surface area contributed by atoms with Crippen LogP contribution in [-0.4, -0.2) is 28.5 Å². The quantitative estimate of drug-likeness (QED) is 0.841. The van der Waals surface area contributed by atoms with Crippen LogP contribution >= 0.6 is 0 Å². The van der Waals surface area contributed by atoms with Crippen LogP contribution in [0.3, 0.4) is 0 Å². The molecule has 0 saturated carbocycles. The number of benzene rings is 1. The third-order valence-electron chi connectivity index (χ3n) is 4.65. The van der Waals surface area contributed by atoms with Crippen LogP contribution in [0.5, 0.6) is 0 Å². The van der Waals surface area contributed by atoms with E-state index in [1.807, 2.05) is 37.3 Å². The summed E-state index contributed by atoms with van der Waals surface area (Å²) in [6.07, 6.45) is 4.78. The van der Waals surface area contributed by atoms with E-state index in [0.29, 0.717) is 6.04 Å². The van der Waals surface area contributed by atoms with E-state index in [0.717, 1.165) is 41.8 Å². The minimum atomic E-state index is -0.0852. The third-order valence-corrected chi connectivity index (χ3v) is 4.65. The lowest BCUT2D eigenvalue weighted by molar-refractivity contribution is -0.114. The largest absolute Gasteiger partial charge is 0.340 e. The van der Waals surface area contributed by atoms with Crippen molar-refractivity contribution in [1.29, 1.82) is 0 Å². The third kappa shape index (κ3) is 4.50. The van der Waals surface area contributed by atoms with Crippen LogP contribution in [0.1, 0.15) is 45.2 Å². The molecule has 1 fully saturated rings. The summed E-state index contributed by atoms with van der Waals surface area (Å²) in [6.45, 7) is 6.74. The molecule has 1 atom stereocenters. The fourth-order valence-corrected chi connectivity index (χ4v) is 3.46. The molecule has 2 N–H and O–H groups in total. The van der Waals surface area contributed by atoms with Gasteiger partial charge in [-0.2, -0.15) is 4.98 Å². The van der Waals surface area contributed by atoms with Gasteiger partial charge < -0.3 is 15.5 Å². The van der Waals surface area contributed by atoms with E-state index in [2.05, 4.69) is 27.4 Å². The number of aryl methyl sites for hydroxylation is 1. The fraction of sp³-hybridized carbons (Fsp3) is 0.450. The van der Waals surface area contributed by atoms with Gasteiger partial charge in [0, 0.05) is 42.6 Å². The Kier molecular flexibility index (Phi) is 5.71. The van der Waals surface area contributed by atoms with Crippen molar-refractivity contribution >= 4 is 29.0 Å². The Balaban J connectivity index is 1.83. The zero-order valence-corrected chi connectivity index (χ0v) is 15.7. The molecule has 1 aliphatic rings. The smallest absolute Gasteiger partial charge is 0.227 e. The van der Waals surface area contributed by atoms with E-state index in [4.69, 9.17) is 4.98 Å². The van der Waals surface area contributed by atoms with Crippen LogP contribution in [0.4, 0.5) is 23.1 Å². The average molecular weight is 353 g/mol. The van der Waals surface area contributed by atoms with Crippen molar-refractivity contribution in [1.82, 2.24) is 9.97 Å². The summed E-state index contributed by atoms with van der Waals surface area (Å²) in [5.74, 6) is 1.49. The molecular formula is C20H27N5O. The highest BCUT2D eigenvalue weighted by Gasteiger charge is 2.23. The van der Waals surface area contributed by atoms with Crippen molar-refractivity contribution in [3.63, 3.8) is 0 Å². The molecule has 1 aromatic heterocycles. The SMILES string of the molecule is CCC1CCCCN1c1nc(C)cc(Nc2cccc(NC(C)=O)c2)n1. The molecular weight excluding hydrogens is 326 g/mol. The highest BCUT2D eigenvalue weighted by Crippen LogP contribution is 2.26. The van der Waals surface area contributed by atoms with Gasteiger partial charge in [0.05, 0.1) is 0 Å². The fourth-order valence-electron chi connectivity index (χ4n) is 3.46. The number of carbonyl (C=O) groups is 1. The van der Waals surface area contributed by atoms with Gasteiger partial charge in [0.25, 0.3) is 0 Å². The van der Waals surface area contributed by atoms with E-state index in [-0.39, 0.29) is 5.91 Å². The van der Waals surface area contributed by atoms with Crippen LogP contribution in [0.15, 0.2) is 30.3 Å². The number of anilines is 4. The molecule has 2 heterocycles. The van der Waals surface area contributed by atoms with Crippen molar-refractivity contribution in [3.8, 4) is 0 Å². The Morgan fingerprint density at radius 1 is 1.23 bits per heavy atom. The molecule has 1 amide bonds. The van der Waals surface area contributed by atoms with Crippen molar-refractivity contribution < 1.29 is 4.79 Å². The van der Waals surface area contributed by atoms with E-state index in [1.165, 1.54) is 26.2 Å². The number of hydrogen-bond donors (Lipinski definition) is 2. The Labute approximate surface area is 155 Å². The molecule has 138 valence electrons. The number of amides is 1. The summed E-state index contributed by atoms with van der Waals surface area (Å²) < 4.78 is 0. The van der Waals surface area contributed by atoms with Crippen LogP contribution in [-0.2, 0) is 4.79 Å². The monoisotopic (exact) mass is 353 g/mol. The summed E-state index contributed by atoms with van der Waals surface area (Å²) in [6, 6.07) is 10.1. The molecule has 1 aromatic carbocycles. The summed E-state index contributed by atoms with van der Waals surface area (Å²) in [7, 11) is 0. The Bertz CT molecular complexity index is 777. The standard InChI is InChI=1S/C20H27N5O/c1-4-18-10-5-6-11-25(18)20-21-14(2)12-19(24-20)23-17-9-7-8-16(13-17)22-15(3)26/h7-9,12-13,18H,4-6,10-11H2,1-3H3,(H,22,26)(H,21,23,24). The number of nitrogens with zero attached hydrogens (tertiary/aromatic N) is 3. The van der Waals surface area contributed by atoms with E-state index >= 15 is 0 Å². The summed E-state index contributed by atoms with van der Waals surface area (Å²) in [4.78, 5) is 23.0. The predicted octanol–water partition coefficient (Wildman–Crippen LogP) is 4.26. The first-order chi connectivity index (χ1) is 12.5. The van der Waals surface area contributed by atoms with Gasteiger partial charge in [0.1, 0.15) is 5.82 Å². The molecule has 1 saturated heterocycles. The molecule has 1 aliphatic heterocycles. The van der Waals surface area contributed by atoms with Gasteiger partial charge in [-0.15, -0.1) is 0 Å². The summed E-state index contributed by atoms with van der Waals surface area (Å²) >= 11 is 0. The molecule has 1 unspecified atom stereocenters. The lowest BCUT2D eigenvalue weighted by atomic mass is 10.0. The van der Waals surface area contributed by atoms with E-state index in [1.54, 1.807) is 0 Å². The van der Waals surface area contributed by atoms with Crippen molar-refractivity contribution in [2.24, 2.45) is 0 Å². The normalized spacial score (nSPS) is 17.0. The second-order valence-corrected chi connectivity index (χ2v) is 6.83. The summed E-state index contributed by atoms with van der Waals surface area (Å²) in [5, 5.41) is 6.14. The molecule has 3 rings (SSSR count). The first-order valence-electron chi connectivity index (χ1n) is 9.32. The minimum absolute atomic E-state index is 0.0852. The Morgan fingerprint density at radius 3 is 2.81 bits per heavy atom. The van der Waals surface area contributed by atoms with Crippen molar-refractivity contribution in [2.45, 2.75) is 52.5 Å². The van der Waals surface area contributed by atoms with Gasteiger partial charge in [0.15, 0.2) is 0 Å². The van der Waals surface area contributed by atoms with Crippen LogP contribution in [0, 0.1) is 6.92 Å². The van der Waals surface area contributed by atoms with Crippen molar-refractivity contribution in [2.75, 3.05) is 22.1 Å². The Hall–Kier alpha value is -2.63. The van der Waals surface area contributed by atoms with E-state index < -0.39 is 0 Å². The number of rotatable bonds is 5. The lowest BCUT2D eigenvalue weighted by Gasteiger charge is -2.35. The van der Waals surface area contributed by atoms with Gasteiger partial charge in [-0.25, -0.2) is 4.98 Å². The topological polar surface area (TPSA) is 70.2 Å². The molecule has 6 nitrogen and oxygen atoms in total. The van der Waals surface area contributed by atoms with E-state index in [9.17, 15) is 4.79 Å². The molecule has 26 heavy (non-hydrogen) atoms. The maximum atomic E-state index is 11.2. The number of hydrogen-bond acceptors (Lipinski definition) is 5. The average Bonchev–Trinajstić information content (AvgIpc) is 2.61. The number of carbonyl (C=O) groups excluding carboxylic acids is 1. The molecule has 2 aromatic rings. The number of piperidine rings is 1. The van der Waals surface area contributed by atoms with Gasteiger partial charge >= 0.3 is 0 Å². The number of nitrogens with one attached hydrogen (secondary N) is 2. The maximum absolute atomic E-state index is 11.2. The van der Waals surface area contributed by atoms with Crippen LogP contribution in [0.25, 0.3) is 0 Å². The summed E-state index contributed by atoms with van der Waals surface area (Å²) in [5.41, 5.74) is 2.58. The molecule has 0 spiro atoms. The second kappa shape index (κ2) is 8.17. The molecule has 6 heteroatoms. The maximum Gasteiger partial charge on any atom is 0.227 e. The first-order valence-corrected chi connectivity index (χ1v) is 9.32. The van der Waals surface area contributed by atoms with Gasteiger partial charge in [-0.3, -0.25) is 4.79 Å². The molecule has 0 aliphatic carbocycles. The number of aromatic nitrogens is 2. The highest BCUT2D eigenvalue weighted by atomic mass is 16.1. The molecule has 0 radical (unpaired) electrons. The zero-order chi connectivity index (χ0) is 18.5. The van der Waals surface area contributed by atoms with Gasteiger partial charge in [0.2, 0.25) is 11.9 Å². The minimum Gasteiger partial charge on any atom is -0.340 e. The van der Waals surface area contributed by atoms with Crippen molar-refractivity contribution in [3.05, 3.63) is 36.0 Å². The van der Waals surface area contributed by atoms with Crippen LogP contribution < -0.4 is 15.5 Å². The predicted molar refractivity (Wildman–Crippen MR) is 106 cm³/mol.